The highest BCUT2D eigenvalue weighted by molar-refractivity contribution is 5.81. The highest BCUT2D eigenvalue weighted by Crippen LogP contribution is 2.03. The van der Waals surface area contributed by atoms with Crippen LogP contribution in [0.25, 0.3) is 0 Å². The minimum atomic E-state index is -0.104. The Morgan fingerprint density at radius 2 is 2.56 bits per heavy atom. The fourth-order valence-electron chi connectivity index (χ4n) is 1.01. The molecule has 1 saturated heterocycles. The second kappa shape index (κ2) is 2.80. The Kier molecular flexibility index (Phi) is 2.02. The summed E-state index contributed by atoms with van der Waals surface area (Å²) in [4.78, 5) is 10.7. The molecule has 1 atom stereocenters. The maximum absolute atomic E-state index is 10.7. The van der Waals surface area contributed by atoms with Crippen LogP contribution in [0.4, 0.5) is 0 Å². The zero-order valence-electron chi connectivity index (χ0n) is 5.18. The maximum Gasteiger partial charge on any atom is 0.251 e. The topological polar surface area (TPSA) is 67.1 Å². The third kappa shape index (κ3) is 1.40. The molecule has 1 fully saturated rings. The van der Waals surface area contributed by atoms with Crippen molar-refractivity contribution in [3.63, 3.8) is 0 Å². The Morgan fingerprint density at radius 3 is 3.00 bits per heavy atom. The molecule has 4 N–H and O–H groups in total. The lowest BCUT2D eigenvalue weighted by Gasteiger charge is -2.05. The van der Waals surface area contributed by atoms with Gasteiger partial charge in [-0.3, -0.25) is 10.2 Å². The van der Waals surface area contributed by atoms with Gasteiger partial charge < -0.3 is 5.32 Å². The van der Waals surface area contributed by atoms with Crippen LogP contribution in [0.1, 0.15) is 12.8 Å². The number of amides is 1. The summed E-state index contributed by atoms with van der Waals surface area (Å²) < 4.78 is 0. The van der Waals surface area contributed by atoms with Gasteiger partial charge in [-0.15, -0.1) is 0 Å². The summed E-state index contributed by atoms with van der Waals surface area (Å²) in [5.74, 6) is 4.81. The van der Waals surface area contributed by atoms with Crippen LogP contribution < -0.4 is 16.6 Å². The highest BCUT2D eigenvalue weighted by Gasteiger charge is 2.20. The van der Waals surface area contributed by atoms with Gasteiger partial charge in [-0.1, -0.05) is 0 Å². The number of rotatable bonds is 1. The minimum Gasteiger partial charge on any atom is -0.306 e. The summed E-state index contributed by atoms with van der Waals surface area (Å²) in [6.07, 6.45) is 1.97. The van der Waals surface area contributed by atoms with Gasteiger partial charge in [0.2, 0.25) is 0 Å². The van der Waals surface area contributed by atoms with Gasteiger partial charge in [0.05, 0.1) is 6.04 Å². The standard InChI is InChI=1S/C5H11N3O/c6-8-5(9)4-2-1-3-7-4/h4,7H,1-3,6H2,(H,8,9). The van der Waals surface area contributed by atoms with Gasteiger partial charge >= 0.3 is 0 Å². The van der Waals surface area contributed by atoms with Gasteiger partial charge in [-0.05, 0) is 19.4 Å². The first-order valence-electron chi connectivity index (χ1n) is 3.08. The molecule has 0 saturated carbocycles. The van der Waals surface area contributed by atoms with Crippen molar-refractivity contribution in [2.24, 2.45) is 5.84 Å². The quantitative estimate of drug-likeness (QED) is 0.235. The van der Waals surface area contributed by atoms with Gasteiger partial charge in [0, 0.05) is 0 Å². The van der Waals surface area contributed by atoms with Crippen LogP contribution in [0.2, 0.25) is 0 Å². The molecule has 1 amide bonds. The zero-order valence-corrected chi connectivity index (χ0v) is 5.18. The van der Waals surface area contributed by atoms with Crippen molar-refractivity contribution in [2.75, 3.05) is 6.54 Å². The molecule has 0 bridgehead atoms. The van der Waals surface area contributed by atoms with E-state index >= 15 is 0 Å². The second-order valence-electron chi connectivity index (χ2n) is 2.16. The molecule has 52 valence electrons. The summed E-state index contributed by atoms with van der Waals surface area (Å²) in [7, 11) is 0. The average molecular weight is 129 g/mol. The van der Waals surface area contributed by atoms with E-state index in [1.165, 1.54) is 0 Å². The summed E-state index contributed by atoms with van der Waals surface area (Å²) in [6, 6.07) is -0.0463. The fraction of sp³-hybridized carbons (Fsp3) is 0.800. The first-order valence-corrected chi connectivity index (χ1v) is 3.08. The van der Waals surface area contributed by atoms with Gasteiger partial charge in [-0.25, -0.2) is 5.84 Å². The Hall–Kier alpha value is -0.610. The summed E-state index contributed by atoms with van der Waals surface area (Å²) in [5, 5.41) is 3.02. The summed E-state index contributed by atoms with van der Waals surface area (Å²) >= 11 is 0. The van der Waals surface area contributed by atoms with Crippen molar-refractivity contribution in [1.29, 1.82) is 0 Å². The number of hydrogen-bond acceptors (Lipinski definition) is 3. The molecular weight excluding hydrogens is 118 g/mol. The van der Waals surface area contributed by atoms with Crippen molar-refractivity contribution in [2.45, 2.75) is 18.9 Å². The van der Waals surface area contributed by atoms with Gasteiger partial charge in [0.25, 0.3) is 5.91 Å². The molecule has 4 nitrogen and oxygen atoms in total. The van der Waals surface area contributed by atoms with Gasteiger partial charge in [0.1, 0.15) is 0 Å². The molecule has 0 aromatic rings. The van der Waals surface area contributed by atoms with Crippen LogP contribution in [0, 0.1) is 0 Å². The molecule has 0 radical (unpaired) electrons. The molecule has 0 aromatic heterocycles. The molecule has 4 heteroatoms. The zero-order chi connectivity index (χ0) is 6.69. The molecule has 0 aromatic carbocycles. The summed E-state index contributed by atoms with van der Waals surface area (Å²) in [5.41, 5.74) is 2.11. The molecular formula is C5H11N3O. The lowest BCUT2D eigenvalue weighted by Crippen LogP contribution is -2.43. The third-order valence-corrected chi connectivity index (χ3v) is 1.52. The SMILES string of the molecule is NNC(=O)C1CCCN1. The van der Waals surface area contributed by atoms with Crippen molar-refractivity contribution in [1.82, 2.24) is 10.7 Å². The number of hydrazine groups is 1. The van der Waals surface area contributed by atoms with E-state index in [9.17, 15) is 4.79 Å². The monoisotopic (exact) mass is 129 g/mol. The van der Waals surface area contributed by atoms with E-state index in [0.29, 0.717) is 0 Å². The largest absolute Gasteiger partial charge is 0.306 e. The first kappa shape index (κ1) is 6.51. The highest BCUT2D eigenvalue weighted by atomic mass is 16.2. The predicted octanol–water partition coefficient (Wildman–Crippen LogP) is -1.27. The van der Waals surface area contributed by atoms with Crippen LogP contribution >= 0.6 is 0 Å². The molecule has 0 aliphatic carbocycles. The van der Waals surface area contributed by atoms with E-state index in [4.69, 9.17) is 5.84 Å². The van der Waals surface area contributed by atoms with Crippen LogP contribution in [0.5, 0.6) is 0 Å². The van der Waals surface area contributed by atoms with Crippen molar-refractivity contribution < 1.29 is 4.79 Å². The van der Waals surface area contributed by atoms with Crippen molar-refractivity contribution in [3.8, 4) is 0 Å². The van der Waals surface area contributed by atoms with Crippen LogP contribution in [-0.4, -0.2) is 18.5 Å². The molecule has 1 heterocycles. The Bertz CT molecular complexity index is 109. The normalized spacial score (nSPS) is 26.1. The molecule has 1 aliphatic heterocycles. The molecule has 1 aliphatic rings. The molecule has 1 rings (SSSR count). The van der Waals surface area contributed by atoms with E-state index in [-0.39, 0.29) is 11.9 Å². The summed E-state index contributed by atoms with van der Waals surface area (Å²) in [6.45, 7) is 0.929. The number of nitrogens with two attached hydrogens (primary N) is 1. The van der Waals surface area contributed by atoms with Crippen LogP contribution in [-0.2, 0) is 4.79 Å². The maximum atomic E-state index is 10.7. The molecule has 1 unspecified atom stereocenters. The van der Waals surface area contributed by atoms with Gasteiger partial charge in [-0.2, -0.15) is 0 Å². The number of carbonyl (C=O) groups is 1. The van der Waals surface area contributed by atoms with Crippen LogP contribution in [0.3, 0.4) is 0 Å². The van der Waals surface area contributed by atoms with Crippen LogP contribution in [0.15, 0.2) is 0 Å². The predicted molar refractivity (Wildman–Crippen MR) is 33.4 cm³/mol. The Morgan fingerprint density at radius 1 is 1.78 bits per heavy atom. The van der Waals surface area contributed by atoms with E-state index in [1.54, 1.807) is 0 Å². The van der Waals surface area contributed by atoms with Crippen molar-refractivity contribution >= 4 is 5.91 Å². The lowest BCUT2D eigenvalue weighted by atomic mass is 10.2. The minimum absolute atomic E-state index is 0.0463. The number of hydrogen-bond donors (Lipinski definition) is 3. The number of carbonyl (C=O) groups excluding carboxylic acids is 1. The Balaban J connectivity index is 2.32. The molecule has 0 spiro atoms. The second-order valence-corrected chi connectivity index (χ2v) is 2.16. The third-order valence-electron chi connectivity index (χ3n) is 1.52. The molecule has 9 heavy (non-hydrogen) atoms. The van der Waals surface area contributed by atoms with E-state index in [1.807, 2.05) is 0 Å². The van der Waals surface area contributed by atoms with Gasteiger partial charge in [0.15, 0.2) is 0 Å². The fourth-order valence-corrected chi connectivity index (χ4v) is 1.01. The van der Waals surface area contributed by atoms with E-state index in [0.717, 1.165) is 19.4 Å². The lowest BCUT2D eigenvalue weighted by molar-refractivity contribution is -0.122. The average Bonchev–Trinajstić information content (AvgIpc) is 2.37. The number of nitrogens with one attached hydrogen (secondary N) is 2. The first-order chi connectivity index (χ1) is 4.34. The van der Waals surface area contributed by atoms with E-state index in [2.05, 4.69) is 10.7 Å². The Labute approximate surface area is 53.8 Å². The van der Waals surface area contributed by atoms with Crippen molar-refractivity contribution in [3.05, 3.63) is 0 Å². The smallest absolute Gasteiger partial charge is 0.251 e. The van der Waals surface area contributed by atoms with E-state index < -0.39 is 0 Å².